The Hall–Kier alpha value is -2.90. The average Bonchev–Trinajstić information content (AvgIpc) is 2.65. The molecule has 2 aromatic rings. The number of hydrogen-bond donors (Lipinski definition) is 3. The number of carbonyl (C=O) groups is 2. The van der Waals surface area contributed by atoms with Crippen LogP contribution in [0.3, 0.4) is 0 Å². The Labute approximate surface area is 161 Å². The Bertz CT molecular complexity index is 795. The fourth-order valence-electron chi connectivity index (χ4n) is 1.76. The van der Waals surface area contributed by atoms with Crippen molar-refractivity contribution in [2.75, 3.05) is 6.61 Å². The summed E-state index contributed by atoms with van der Waals surface area (Å²) in [5, 5.41) is 2.98. The van der Waals surface area contributed by atoms with Gasteiger partial charge < -0.3 is 4.74 Å². The second kappa shape index (κ2) is 10.2. The summed E-state index contributed by atoms with van der Waals surface area (Å²) in [5.41, 5.74) is 5.57. The molecule has 0 spiro atoms. The molecule has 134 valence electrons. The van der Waals surface area contributed by atoms with Crippen molar-refractivity contribution in [1.29, 1.82) is 0 Å². The first-order valence-corrected chi connectivity index (χ1v) is 8.33. The van der Waals surface area contributed by atoms with E-state index in [0.29, 0.717) is 10.8 Å². The third-order valence-corrected chi connectivity index (χ3v) is 3.42. The van der Waals surface area contributed by atoms with Gasteiger partial charge in [0.05, 0.1) is 0 Å². The molecule has 0 aromatic heterocycles. The molecule has 6 nitrogen and oxygen atoms in total. The summed E-state index contributed by atoms with van der Waals surface area (Å²) in [7, 11) is 0. The normalized spacial score (nSPS) is 10.2. The molecule has 0 aliphatic heterocycles. The lowest BCUT2D eigenvalue weighted by molar-refractivity contribution is -0.123. The summed E-state index contributed by atoms with van der Waals surface area (Å²) in [4.78, 5) is 23.4. The van der Waals surface area contributed by atoms with E-state index in [1.165, 1.54) is 6.08 Å². The van der Waals surface area contributed by atoms with Crippen LogP contribution in [-0.2, 0) is 9.59 Å². The molecule has 26 heavy (non-hydrogen) atoms. The number of halogens is 1. The zero-order valence-electron chi connectivity index (χ0n) is 13.6. The van der Waals surface area contributed by atoms with E-state index in [2.05, 4.69) is 16.2 Å². The molecule has 3 N–H and O–H groups in total. The number of hydrazine groups is 1. The van der Waals surface area contributed by atoms with E-state index < -0.39 is 11.8 Å². The summed E-state index contributed by atoms with van der Waals surface area (Å²) in [6.07, 6.45) is 2.93. The Balaban J connectivity index is 1.68. The van der Waals surface area contributed by atoms with Crippen LogP contribution in [-0.4, -0.2) is 23.5 Å². The smallest absolute Gasteiger partial charge is 0.276 e. The van der Waals surface area contributed by atoms with Crippen molar-refractivity contribution < 1.29 is 14.3 Å². The van der Waals surface area contributed by atoms with E-state index in [1.54, 1.807) is 54.6 Å². The van der Waals surface area contributed by atoms with E-state index >= 15 is 0 Å². The zero-order valence-corrected chi connectivity index (χ0v) is 15.1. The number of ether oxygens (including phenoxy) is 1. The van der Waals surface area contributed by atoms with Crippen molar-refractivity contribution in [3.63, 3.8) is 0 Å². The Morgan fingerprint density at radius 3 is 2.42 bits per heavy atom. The number of hydrogen-bond acceptors (Lipinski definition) is 4. The number of thiocarbonyl (C=S) groups is 1. The van der Waals surface area contributed by atoms with Crippen LogP contribution in [0.1, 0.15) is 5.56 Å². The molecule has 0 bridgehead atoms. The molecular weight excluding hydrogens is 374 g/mol. The maximum Gasteiger partial charge on any atom is 0.276 e. The number of para-hydroxylation sites is 1. The Morgan fingerprint density at radius 1 is 1.04 bits per heavy atom. The van der Waals surface area contributed by atoms with Crippen molar-refractivity contribution in [2.24, 2.45) is 0 Å². The molecule has 0 radical (unpaired) electrons. The second-order valence-electron chi connectivity index (χ2n) is 4.98. The van der Waals surface area contributed by atoms with Gasteiger partial charge in [-0.15, -0.1) is 0 Å². The fraction of sp³-hybridized carbons (Fsp3) is 0.0556. The van der Waals surface area contributed by atoms with Crippen LogP contribution >= 0.6 is 23.8 Å². The molecule has 2 amide bonds. The minimum absolute atomic E-state index is 0.0381. The lowest BCUT2D eigenvalue weighted by atomic mass is 10.2. The van der Waals surface area contributed by atoms with E-state index in [1.807, 2.05) is 6.07 Å². The molecule has 0 aliphatic rings. The Morgan fingerprint density at radius 2 is 1.73 bits per heavy atom. The predicted molar refractivity (Wildman–Crippen MR) is 104 cm³/mol. The first kappa shape index (κ1) is 19.4. The molecule has 0 saturated carbocycles. The molecule has 2 aromatic carbocycles. The molecule has 8 heteroatoms. The lowest BCUT2D eigenvalue weighted by Crippen LogP contribution is -2.49. The highest BCUT2D eigenvalue weighted by Gasteiger charge is 2.05. The highest BCUT2D eigenvalue weighted by Crippen LogP contribution is 2.10. The molecule has 2 rings (SSSR count). The van der Waals surface area contributed by atoms with Crippen molar-refractivity contribution in [1.82, 2.24) is 16.2 Å². The van der Waals surface area contributed by atoms with Gasteiger partial charge in [0.15, 0.2) is 11.7 Å². The van der Waals surface area contributed by atoms with Crippen molar-refractivity contribution in [2.45, 2.75) is 0 Å². The maximum absolute atomic E-state index is 11.8. The quantitative estimate of drug-likeness (QED) is 0.416. The van der Waals surface area contributed by atoms with Crippen LogP contribution in [0.25, 0.3) is 6.08 Å². The Kier molecular flexibility index (Phi) is 7.60. The lowest BCUT2D eigenvalue weighted by Gasteiger charge is -2.10. The van der Waals surface area contributed by atoms with Crippen LogP contribution in [0, 0.1) is 0 Å². The number of rotatable bonds is 5. The van der Waals surface area contributed by atoms with Gasteiger partial charge in [0.1, 0.15) is 5.75 Å². The number of carbonyl (C=O) groups excluding carboxylic acids is 2. The summed E-state index contributed by atoms with van der Waals surface area (Å²) in [6.45, 7) is -0.190. The monoisotopic (exact) mass is 389 g/mol. The summed E-state index contributed by atoms with van der Waals surface area (Å²) in [6, 6.07) is 15.9. The van der Waals surface area contributed by atoms with Crippen molar-refractivity contribution in [3.8, 4) is 5.75 Å². The third kappa shape index (κ3) is 7.33. The van der Waals surface area contributed by atoms with Crippen LogP contribution in [0.2, 0.25) is 5.02 Å². The number of nitrogens with one attached hydrogen (secondary N) is 3. The van der Waals surface area contributed by atoms with Gasteiger partial charge in [-0.05, 0) is 48.1 Å². The average molecular weight is 390 g/mol. The zero-order chi connectivity index (χ0) is 18.8. The van der Waals surface area contributed by atoms with Crippen LogP contribution < -0.4 is 20.9 Å². The van der Waals surface area contributed by atoms with Gasteiger partial charge in [-0.1, -0.05) is 41.9 Å². The topological polar surface area (TPSA) is 79.5 Å². The van der Waals surface area contributed by atoms with E-state index in [9.17, 15) is 9.59 Å². The van der Waals surface area contributed by atoms with E-state index in [4.69, 9.17) is 28.6 Å². The van der Waals surface area contributed by atoms with Crippen LogP contribution in [0.4, 0.5) is 0 Å². The fourth-order valence-corrected chi connectivity index (χ4v) is 2.04. The highest BCUT2D eigenvalue weighted by atomic mass is 35.5. The molecule has 0 atom stereocenters. The van der Waals surface area contributed by atoms with Crippen molar-refractivity contribution in [3.05, 3.63) is 71.3 Å². The van der Waals surface area contributed by atoms with Gasteiger partial charge in [-0.2, -0.15) is 0 Å². The molecule has 0 aliphatic carbocycles. The second-order valence-corrected chi connectivity index (χ2v) is 5.82. The summed E-state index contributed by atoms with van der Waals surface area (Å²) >= 11 is 10.7. The SMILES string of the molecule is O=C(/C=C/c1ccc(Cl)cc1)NC(=S)NNC(=O)COc1ccccc1. The molecule has 0 unspecified atom stereocenters. The molecule has 0 fully saturated rings. The van der Waals surface area contributed by atoms with Gasteiger partial charge in [0.2, 0.25) is 5.91 Å². The summed E-state index contributed by atoms with van der Waals surface area (Å²) < 4.78 is 5.27. The van der Waals surface area contributed by atoms with Gasteiger partial charge in [0, 0.05) is 11.1 Å². The predicted octanol–water partition coefficient (Wildman–Crippen LogP) is 2.45. The van der Waals surface area contributed by atoms with E-state index in [-0.39, 0.29) is 11.7 Å². The van der Waals surface area contributed by atoms with Crippen molar-refractivity contribution >= 4 is 46.8 Å². The molecule has 0 saturated heterocycles. The standard InChI is InChI=1S/C18H16ClN3O3S/c19-14-9-6-13(7-10-14)8-11-16(23)20-18(26)22-21-17(24)12-25-15-4-2-1-3-5-15/h1-11H,12H2,(H,21,24)(H2,20,22,23,26)/b11-8+. The minimum Gasteiger partial charge on any atom is -0.484 e. The molecule has 0 heterocycles. The minimum atomic E-state index is -0.442. The van der Waals surface area contributed by atoms with E-state index in [0.717, 1.165) is 5.56 Å². The first-order valence-electron chi connectivity index (χ1n) is 7.54. The van der Waals surface area contributed by atoms with Gasteiger partial charge in [-0.25, -0.2) is 0 Å². The first-order chi connectivity index (χ1) is 12.5. The van der Waals surface area contributed by atoms with Crippen LogP contribution in [0.15, 0.2) is 60.7 Å². The van der Waals surface area contributed by atoms with Gasteiger partial charge in [0.25, 0.3) is 5.91 Å². The van der Waals surface area contributed by atoms with Crippen LogP contribution in [0.5, 0.6) is 5.75 Å². The maximum atomic E-state index is 11.8. The number of amides is 2. The summed E-state index contributed by atoms with van der Waals surface area (Å²) in [5.74, 6) is -0.305. The van der Waals surface area contributed by atoms with Gasteiger partial charge in [-0.3, -0.25) is 25.8 Å². The third-order valence-electron chi connectivity index (χ3n) is 2.96. The highest BCUT2D eigenvalue weighted by molar-refractivity contribution is 7.80. The molecular formula is C18H16ClN3O3S. The largest absolute Gasteiger partial charge is 0.484 e. The van der Waals surface area contributed by atoms with Gasteiger partial charge >= 0.3 is 0 Å². The number of benzene rings is 2.